The fourth-order valence-electron chi connectivity index (χ4n) is 1.77. The summed E-state index contributed by atoms with van der Waals surface area (Å²) in [6.45, 7) is 2.19. The smallest absolute Gasteiger partial charge is 0.101 e. The Morgan fingerprint density at radius 2 is 2.12 bits per heavy atom. The van der Waals surface area contributed by atoms with E-state index in [0.29, 0.717) is 6.04 Å². The summed E-state index contributed by atoms with van der Waals surface area (Å²) in [7, 11) is 2.07. The Balaban J connectivity index is 2.94. The summed E-state index contributed by atoms with van der Waals surface area (Å²) in [6, 6.07) is 10.5. The molecule has 1 atom stereocenters. The molecule has 0 saturated carbocycles. The number of para-hydroxylation sites is 1. The van der Waals surface area contributed by atoms with Gasteiger partial charge in [-0.1, -0.05) is 19.1 Å². The normalized spacial score (nSPS) is 11.9. The van der Waals surface area contributed by atoms with Crippen LogP contribution in [0, 0.1) is 11.3 Å². The highest BCUT2D eigenvalue weighted by molar-refractivity contribution is 7.98. The first kappa shape index (κ1) is 12.9. The Labute approximate surface area is 102 Å². The maximum absolute atomic E-state index is 9.07. The van der Waals surface area contributed by atoms with Crippen LogP contribution >= 0.6 is 11.8 Å². The molecule has 86 valence electrons. The lowest BCUT2D eigenvalue weighted by atomic mass is 10.1. The standard InChI is InChI=1S/C13H18N2S/c1-4-12(10-16-3)15(2)13-8-6-5-7-11(13)9-14/h5-8,12H,4,10H2,1-3H3. The molecule has 3 heteroatoms. The van der Waals surface area contributed by atoms with Gasteiger partial charge in [-0.2, -0.15) is 17.0 Å². The largest absolute Gasteiger partial charge is 0.370 e. The predicted octanol–water partition coefficient (Wildman–Crippen LogP) is 3.14. The first-order valence-corrected chi connectivity index (χ1v) is 6.84. The lowest BCUT2D eigenvalue weighted by Gasteiger charge is -2.29. The molecule has 0 aromatic heterocycles. The second-order valence-electron chi connectivity index (χ2n) is 3.76. The molecule has 0 saturated heterocycles. The van der Waals surface area contributed by atoms with E-state index in [1.165, 1.54) is 0 Å². The zero-order valence-electron chi connectivity index (χ0n) is 10.1. The second kappa shape index (κ2) is 6.44. The van der Waals surface area contributed by atoms with Crippen molar-refractivity contribution in [3.8, 4) is 6.07 Å². The van der Waals surface area contributed by atoms with E-state index in [9.17, 15) is 0 Å². The first-order chi connectivity index (χ1) is 7.74. The van der Waals surface area contributed by atoms with Gasteiger partial charge in [0.15, 0.2) is 0 Å². The monoisotopic (exact) mass is 234 g/mol. The van der Waals surface area contributed by atoms with E-state index < -0.39 is 0 Å². The molecular weight excluding hydrogens is 216 g/mol. The first-order valence-electron chi connectivity index (χ1n) is 5.45. The molecular formula is C13H18N2S. The second-order valence-corrected chi connectivity index (χ2v) is 4.67. The molecule has 0 aliphatic heterocycles. The molecule has 0 fully saturated rings. The highest BCUT2D eigenvalue weighted by Crippen LogP contribution is 2.22. The molecule has 1 aromatic carbocycles. The molecule has 1 aromatic rings. The van der Waals surface area contributed by atoms with Crippen LogP contribution in [0.4, 0.5) is 5.69 Å². The minimum Gasteiger partial charge on any atom is -0.370 e. The van der Waals surface area contributed by atoms with Gasteiger partial charge >= 0.3 is 0 Å². The molecule has 0 bridgehead atoms. The summed E-state index contributed by atoms with van der Waals surface area (Å²) in [6.07, 6.45) is 3.21. The Bertz CT molecular complexity index is 370. The van der Waals surface area contributed by atoms with Crippen LogP contribution in [-0.2, 0) is 0 Å². The van der Waals surface area contributed by atoms with Crippen LogP contribution in [0.5, 0.6) is 0 Å². The fourth-order valence-corrected chi connectivity index (χ4v) is 2.61. The Morgan fingerprint density at radius 3 is 2.69 bits per heavy atom. The third-order valence-electron chi connectivity index (χ3n) is 2.78. The Hall–Kier alpha value is -1.14. The van der Waals surface area contributed by atoms with Gasteiger partial charge in [-0.3, -0.25) is 0 Å². The minimum atomic E-state index is 0.490. The van der Waals surface area contributed by atoms with Gasteiger partial charge < -0.3 is 4.90 Å². The van der Waals surface area contributed by atoms with Gasteiger partial charge in [-0.05, 0) is 24.8 Å². The number of rotatable bonds is 5. The number of anilines is 1. The molecule has 0 aliphatic rings. The van der Waals surface area contributed by atoms with Crippen LogP contribution in [0.25, 0.3) is 0 Å². The highest BCUT2D eigenvalue weighted by Gasteiger charge is 2.15. The summed E-state index contributed by atoms with van der Waals surface area (Å²) >= 11 is 1.85. The van der Waals surface area contributed by atoms with Crippen LogP contribution in [0.15, 0.2) is 24.3 Å². The minimum absolute atomic E-state index is 0.490. The predicted molar refractivity (Wildman–Crippen MR) is 72.0 cm³/mol. The maximum Gasteiger partial charge on any atom is 0.101 e. The van der Waals surface area contributed by atoms with Crippen LogP contribution in [-0.4, -0.2) is 25.1 Å². The summed E-state index contributed by atoms with van der Waals surface area (Å²) in [5, 5.41) is 9.07. The van der Waals surface area contributed by atoms with E-state index >= 15 is 0 Å². The van der Waals surface area contributed by atoms with Crippen LogP contribution < -0.4 is 4.90 Å². The summed E-state index contributed by atoms with van der Waals surface area (Å²) < 4.78 is 0. The van der Waals surface area contributed by atoms with E-state index in [2.05, 4.69) is 31.2 Å². The number of thioether (sulfide) groups is 1. The molecule has 0 N–H and O–H groups in total. The number of benzene rings is 1. The van der Waals surface area contributed by atoms with Crippen molar-refractivity contribution in [2.24, 2.45) is 0 Å². The topological polar surface area (TPSA) is 27.0 Å². The van der Waals surface area contributed by atoms with Gasteiger partial charge in [0.25, 0.3) is 0 Å². The van der Waals surface area contributed by atoms with Crippen molar-refractivity contribution < 1.29 is 0 Å². The van der Waals surface area contributed by atoms with Crippen molar-refractivity contribution in [2.75, 3.05) is 24.0 Å². The van der Waals surface area contributed by atoms with Gasteiger partial charge in [0.1, 0.15) is 6.07 Å². The van der Waals surface area contributed by atoms with E-state index in [1.54, 1.807) is 0 Å². The Kier molecular flexibility index (Phi) is 5.21. The van der Waals surface area contributed by atoms with Crippen molar-refractivity contribution >= 4 is 17.4 Å². The van der Waals surface area contributed by atoms with Crippen LogP contribution in [0.2, 0.25) is 0 Å². The SMILES string of the molecule is CCC(CSC)N(C)c1ccccc1C#N. The maximum atomic E-state index is 9.07. The lowest BCUT2D eigenvalue weighted by molar-refractivity contribution is 0.672. The van der Waals surface area contributed by atoms with E-state index in [4.69, 9.17) is 5.26 Å². The van der Waals surface area contributed by atoms with Crippen molar-refractivity contribution in [1.82, 2.24) is 0 Å². The van der Waals surface area contributed by atoms with Gasteiger partial charge in [0, 0.05) is 18.8 Å². The average molecular weight is 234 g/mol. The highest BCUT2D eigenvalue weighted by atomic mass is 32.2. The summed E-state index contributed by atoms with van der Waals surface area (Å²) in [5.74, 6) is 1.09. The third kappa shape index (κ3) is 2.93. The fraction of sp³-hybridized carbons (Fsp3) is 0.462. The van der Waals surface area contributed by atoms with Crippen molar-refractivity contribution in [3.63, 3.8) is 0 Å². The molecule has 0 aliphatic carbocycles. The van der Waals surface area contributed by atoms with Crippen LogP contribution in [0.1, 0.15) is 18.9 Å². The van der Waals surface area contributed by atoms with Gasteiger partial charge in [-0.15, -0.1) is 0 Å². The average Bonchev–Trinajstić information content (AvgIpc) is 2.35. The number of hydrogen-bond donors (Lipinski definition) is 0. The number of nitrogens with zero attached hydrogens (tertiary/aromatic N) is 2. The van der Waals surface area contributed by atoms with Crippen molar-refractivity contribution in [1.29, 1.82) is 5.26 Å². The number of nitriles is 1. The van der Waals surface area contributed by atoms with Gasteiger partial charge in [0.2, 0.25) is 0 Å². The molecule has 16 heavy (non-hydrogen) atoms. The molecule has 1 unspecified atom stereocenters. The molecule has 2 nitrogen and oxygen atoms in total. The van der Waals surface area contributed by atoms with Crippen molar-refractivity contribution in [3.05, 3.63) is 29.8 Å². The third-order valence-corrected chi connectivity index (χ3v) is 3.50. The summed E-state index contributed by atoms with van der Waals surface area (Å²) in [5.41, 5.74) is 1.79. The molecule has 1 rings (SSSR count). The molecule has 0 spiro atoms. The van der Waals surface area contributed by atoms with Crippen LogP contribution in [0.3, 0.4) is 0 Å². The van der Waals surface area contributed by atoms with Gasteiger partial charge in [-0.25, -0.2) is 0 Å². The Morgan fingerprint density at radius 1 is 1.44 bits per heavy atom. The lowest BCUT2D eigenvalue weighted by Crippen LogP contribution is -2.33. The molecule has 0 amide bonds. The van der Waals surface area contributed by atoms with Crippen molar-refractivity contribution in [2.45, 2.75) is 19.4 Å². The quantitative estimate of drug-likeness (QED) is 0.783. The van der Waals surface area contributed by atoms with E-state index in [-0.39, 0.29) is 0 Å². The number of hydrogen-bond acceptors (Lipinski definition) is 3. The zero-order valence-corrected chi connectivity index (χ0v) is 10.9. The molecule has 0 radical (unpaired) electrons. The van der Waals surface area contributed by atoms with E-state index in [0.717, 1.165) is 23.4 Å². The van der Waals surface area contributed by atoms with E-state index in [1.807, 2.05) is 36.0 Å². The molecule has 0 heterocycles. The van der Waals surface area contributed by atoms with Gasteiger partial charge in [0.05, 0.1) is 11.3 Å². The zero-order chi connectivity index (χ0) is 12.0. The summed E-state index contributed by atoms with van der Waals surface area (Å²) in [4.78, 5) is 2.22.